The summed E-state index contributed by atoms with van der Waals surface area (Å²) in [5, 5.41) is 12.8. The van der Waals surface area contributed by atoms with Crippen LogP contribution in [0.4, 0.5) is 0 Å². The number of aromatic nitrogens is 1. The first-order valence-electron chi connectivity index (χ1n) is 8.36. The number of carbonyl (C=O) groups excluding carboxylic acids is 1. The lowest BCUT2D eigenvalue weighted by atomic mass is 9.95. The molecule has 1 saturated carbocycles. The molecule has 1 aromatic rings. The molecule has 0 saturated heterocycles. The van der Waals surface area contributed by atoms with Crippen LogP contribution in [-0.4, -0.2) is 28.6 Å². The predicted octanol–water partition coefficient (Wildman–Crippen LogP) is 1.53. The Bertz CT molecular complexity index is 602. The fraction of sp³-hybridized carbons (Fsp3) is 0.647. The Balaban J connectivity index is 1.65. The van der Waals surface area contributed by atoms with Crippen molar-refractivity contribution in [2.24, 2.45) is 5.92 Å². The average Bonchev–Trinajstić information content (AvgIpc) is 3.06. The Labute approximate surface area is 130 Å². The molecule has 1 atom stereocenters. The van der Waals surface area contributed by atoms with Gasteiger partial charge >= 0.3 is 0 Å². The molecule has 120 valence electrons. The van der Waals surface area contributed by atoms with Crippen molar-refractivity contribution in [2.45, 2.75) is 57.5 Å². The molecule has 3 rings (SSSR count). The molecule has 0 bridgehead atoms. The molecule has 0 aromatic carbocycles. The second-order valence-corrected chi connectivity index (χ2v) is 6.54. The van der Waals surface area contributed by atoms with E-state index < -0.39 is 6.10 Å². The molecule has 5 heteroatoms. The SMILES string of the molecule is O=C(NCC(O)C1CCCC1)c1cc2c([nH]c1=O)CCCC2. The number of carbonyl (C=O) groups is 1. The van der Waals surface area contributed by atoms with Gasteiger partial charge in [-0.15, -0.1) is 0 Å². The molecule has 2 aliphatic carbocycles. The van der Waals surface area contributed by atoms with E-state index in [0.29, 0.717) is 0 Å². The van der Waals surface area contributed by atoms with Crippen molar-refractivity contribution in [3.05, 3.63) is 33.2 Å². The van der Waals surface area contributed by atoms with Crippen LogP contribution in [0.25, 0.3) is 0 Å². The number of hydrogen-bond acceptors (Lipinski definition) is 3. The second kappa shape index (κ2) is 6.65. The molecule has 1 unspecified atom stereocenters. The van der Waals surface area contributed by atoms with Crippen LogP contribution in [0.15, 0.2) is 10.9 Å². The molecule has 0 aliphatic heterocycles. The topological polar surface area (TPSA) is 82.2 Å². The van der Waals surface area contributed by atoms with Gasteiger partial charge in [-0.1, -0.05) is 12.8 Å². The first-order valence-corrected chi connectivity index (χ1v) is 8.36. The minimum atomic E-state index is -0.511. The van der Waals surface area contributed by atoms with E-state index in [1.807, 2.05) is 0 Å². The summed E-state index contributed by atoms with van der Waals surface area (Å²) in [7, 11) is 0. The number of aliphatic hydroxyl groups excluding tert-OH is 1. The third-order valence-electron chi connectivity index (χ3n) is 5.00. The summed E-state index contributed by atoms with van der Waals surface area (Å²) in [4.78, 5) is 27.1. The van der Waals surface area contributed by atoms with Crippen LogP contribution in [0.1, 0.15) is 60.1 Å². The lowest BCUT2D eigenvalue weighted by Crippen LogP contribution is -2.38. The molecule has 1 fully saturated rings. The number of pyridine rings is 1. The summed E-state index contributed by atoms with van der Waals surface area (Å²) in [6.07, 6.45) is 7.82. The number of rotatable bonds is 4. The third-order valence-corrected chi connectivity index (χ3v) is 5.00. The first kappa shape index (κ1) is 15.3. The summed E-state index contributed by atoms with van der Waals surface area (Å²) < 4.78 is 0. The molecule has 3 N–H and O–H groups in total. The number of aromatic amines is 1. The van der Waals surface area contributed by atoms with Gasteiger partial charge in [-0.25, -0.2) is 0 Å². The quantitative estimate of drug-likeness (QED) is 0.789. The zero-order valence-corrected chi connectivity index (χ0v) is 12.9. The van der Waals surface area contributed by atoms with Crippen LogP contribution >= 0.6 is 0 Å². The second-order valence-electron chi connectivity index (χ2n) is 6.54. The maximum Gasteiger partial charge on any atom is 0.261 e. The van der Waals surface area contributed by atoms with Crippen LogP contribution in [0.5, 0.6) is 0 Å². The molecule has 1 amide bonds. The van der Waals surface area contributed by atoms with E-state index in [4.69, 9.17) is 0 Å². The number of aliphatic hydroxyl groups is 1. The van der Waals surface area contributed by atoms with Gasteiger partial charge in [-0.3, -0.25) is 9.59 Å². The summed E-state index contributed by atoms with van der Waals surface area (Å²) in [6, 6.07) is 1.73. The smallest absolute Gasteiger partial charge is 0.261 e. The van der Waals surface area contributed by atoms with E-state index in [2.05, 4.69) is 10.3 Å². The van der Waals surface area contributed by atoms with Crippen LogP contribution in [0.3, 0.4) is 0 Å². The normalized spacial score (nSPS) is 19.7. The van der Waals surface area contributed by atoms with Crippen molar-refractivity contribution < 1.29 is 9.90 Å². The molecule has 2 aliphatic rings. The largest absolute Gasteiger partial charge is 0.391 e. The Morgan fingerprint density at radius 1 is 1.27 bits per heavy atom. The lowest BCUT2D eigenvalue weighted by Gasteiger charge is -2.19. The number of hydrogen-bond donors (Lipinski definition) is 3. The monoisotopic (exact) mass is 304 g/mol. The highest BCUT2D eigenvalue weighted by Crippen LogP contribution is 2.27. The van der Waals surface area contributed by atoms with Gasteiger partial charge in [0.05, 0.1) is 6.10 Å². The summed E-state index contributed by atoms with van der Waals surface area (Å²) >= 11 is 0. The number of nitrogens with one attached hydrogen (secondary N) is 2. The molecular weight excluding hydrogens is 280 g/mol. The van der Waals surface area contributed by atoms with Crippen molar-refractivity contribution in [1.29, 1.82) is 0 Å². The number of fused-ring (bicyclic) bond motifs is 1. The third kappa shape index (κ3) is 3.24. The van der Waals surface area contributed by atoms with Crippen molar-refractivity contribution in [3.63, 3.8) is 0 Å². The van der Waals surface area contributed by atoms with Gasteiger partial charge in [0.25, 0.3) is 11.5 Å². The highest BCUT2D eigenvalue weighted by atomic mass is 16.3. The van der Waals surface area contributed by atoms with Crippen molar-refractivity contribution in [2.75, 3.05) is 6.54 Å². The van der Waals surface area contributed by atoms with Crippen LogP contribution in [0.2, 0.25) is 0 Å². The molecule has 22 heavy (non-hydrogen) atoms. The number of amides is 1. The molecule has 1 aromatic heterocycles. The summed E-state index contributed by atoms with van der Waals surface area (Å²) in [6.45, 7) is 0.222. The first-order chi connectivity index (χ1) is 10.6. The fourth-order valence-corrected chi connectivity index (χ4v) is 3.64. The molecular formula is C17H24N2O3. The van der Waals surface area contributed by atoms with Gasteiger partial charge < -0.3 is 15.4 Å². The van der Waals surface area contributed by atoms with E-state index in [0.717, 1.165) is 62.6 Å². The van der Waals surface area contributed by atoms with E-state index in [1.165, 1.54) is 0 Å². The zero-order valence-electron chi connectivity index (χ0n) is 12.9. The molecule has 1 heterocycles. The van der Waals surface area contributed by atoms with Crippen LogP contribution in [0, 0.1) is 5.92 Å². The molecule has 0 radical (unpaired) electrons. The van der Waals surface area contributed by atoms with Crippen LogP contribution < -0.4 is 10.9 Å². The van der Waals surface area contributed by atoms with E-state index in [-0.39, 0.29) is 29.5 Å². The van der Waals surface area contributed by atoms with Crippen molar-refractivity contribution in [1.82, 2.24) is 10.3 Å². The molecule has 5 nitrogen and oxygen atoms in total. The summed E-state index contributed by atoms with van der Waals surface area (Å²) in [5.74, 6) is -0.103. The standard InChI is InChI=1S/C17H24N2O3/c20-15(11-5-1-2-6-11)10-18-16(21)13-9-12-7-3-4-8-14(12)19-17(13)22/h9,11,15,20H,1-8,10H2,(H,18,21)(H,19,22). The van der Waals surface area contributed by atoms with E-state index in [9.17, 15) is 14.7 Å². The minimum Gasteiger partial charge on any atom is -0.391 e. The van der Waals surface area contributed by atoms with E-state index in [1.54, 1.807) is 6.07 Å². The zero-order chi connectivity index (χ0) is 15.5. The van der Waals surface area contributed by atoms with Gasteiger partial charge in [0.2, 0.25) is 0 Å². The number of aryl methyl sites for hydroxylation is 2. The van der Waals surface area contributed by atoms with Gasteiger partial charge in [0.1, 0.15) is 5.56 Å². The Morgan fingerprint density at radius 2 is 2.00 bits per heavy atom. The minimum absolute atomic E-state index is 0.166. The highest BCUT2D eigenvalue weighted by molar-refractivity contribution is 5.94. The summed E-state index contributed by atoms with van der Waals surface area (Å²) in [5.41, 5.74) is 1.89. The van der Waals surface area contributed by atoms with Gasteiger partial charge in [-0.2, -0.15) is 0 Å². The highest BCUT2D eigenvalue weighted by Gasteiger charge is 2.24. The lowest BCUT2D eigenvalue weighted by molar-refractivity contribution is 0.0839. The Morgan fingerprint density at radius 3 is 2.77 bits per heavy atom. The number of H-pyrrole nitrogens is 1. The van der Waals surface area contributed by atoms with Crippen molar-refractivity contribution in [3.8, 4) is 0 Å². The van der Waals surface area contributed by atoms with Crippen molar-refractivity contribution >= 4 is 5.91 Å². The average molecular weight is 304 g/mol. The van der Waals surface area contributed by atoms with Crippen LogP contribution in [-0.2, 0) is 12.8 Å². The predicted molar refractivity (Wildman–Crippen MR) is 84.0 cm³/mol. The maximum absolute atomic E-state index is 12.2. The van der Waals surface area contributed by atoms with Gasteiger partial charge in [-0.05, 0) is 56.1 Å². The fourth-order valence-electron chi connectivity index (χ4n) is 3.64. The Kier molecular flexibility index (Phi) is 4.62. The maximum atomic E-state index is 12.2. The Hall–Kier alpha value is -1.62. The van der Waals surface area contributed by atoms with E-state index >= 15 is 0 Å². The van der Waals surface area contributed by atoms with Gasteiger partial charge in [0, 0.05) is 12.2 Å². The molecule has 0 spiro atoms. The van der Waals surface area contributed by atoms with Gasteiger partial charge in [0.15, 0.2) is 0 Å².